The van der Waals surface area contributed by atoms with E-state index in [1.165, 1.54) is 0 Å². The van der Waals surface area contributed by atoms with Crippen molar-refractivity contribution in [2.75, 3.05) is 26.2 Å². The van der Waals surface area contributed by atoms with Gasteiger partial charge in [-0.3, -0.25) is 9.69 Å². The SMILES string of the molecule is CCC(C)(C)N1CCC(F)(F)C1.N#CCC(=O)N1CCCCC1COC(=O)NC(Cc1ccccc1)B1OC(=O)c2ccccc2O1. The third kappa shape index (κ3) is 9.91. The lowest BCUT2D eigenvalue weighted by molar-refractivity contribution is -0.134. The summed E-state index contributed by atoms with van der Waals surface area (Å²) in [7, 11) is -1.05. The number of alkyl halides is 2. The fourth-order valence-electron chi connectivity index (χ4n) is 5.82. The largest absolute Gasteiger partial charge is 0.621 e. The van der Waals surface area contributed by atoms with Gasteiger partial charge in [-0.15, -0.1) is 0 Å². The van der Waals surface area contributed by atoms with Crippen molar-refractivity contribution in [3.8, 4) is 11.8 Å². The second-order valence-electron chi connectivity index (χ2n) is 12.7. The van der Waals surface area contributed by atoms with Gasteiger partial charge in [-0.2, -0.15) is 5.26 Å². The van der Waals surface area contributed by atoms with Gasteiger partial charge in [0.1, 0.15) is 18.8 Å². The second kappa shape index (κ2) is 16.1. The molecule has 1 N–H and O–H groups in total. The molecule has 47 heavy (non-hydrogen) atoms. The second-order valence-corrected chi connectivity index (χ2v) is 12.7. The highest BCUT2D eigenvalue weighted by molar-refractivity contribution is 6.51. The molecule has 0 aromatic heterocycles. The van der Waals surface area contributed by atoms with Crippen LogP contribution in [0, 0.1) is 11.3 Å². The molecule has 2 saturated heterocycles. The van der Waals surface area contributed by atoms with Crippen molar-refractivity contribution in [3.63, 3.8) is 0 Å². The Bertz CT molecular complexity index is 1420. The van der Waals surface area contributed by atoms with Crippen LogP contribution in [-0.4, -0.2) is 84.6 Å². The third-order valence-corrected chi connectivity index (χ3v) is 8.98. The Morgan fingerprint density at radius 2 is 1.85 bits per heavy atom. The highest BCUT2D eigenvalue weighted by atomic mass is 19.3. The Morgan fingerprint density at radius 1 is 1.13 bits per heavy atom. The maximum absolute atomic E-state index is 12.8. The summed E-state index contributed by atoms with van der Waals surface area (Å²) < 4.78 is 42.5. The van der Waals surface area contributed by atoms with Crippen LogP contribution in [0.1, 0.15) is 75.2 Å². The van der Waals surface area contributed by atoms with Gasteiger partial charge in [0.05, 0.1) is 30.2 Å². The molecular formula is C34H43BF2N4O6. The Morgan fingerprint density at radius 3 is 2.53 bits per heavy atom. The molecule has 3 aliphatic rings. The van der Waals surface area contributed by atoms with Crippen molar-refractivity contribution in [1.82, 2.24) is 15.1 Å². The zero-order valence-corrected chi connectivity index (χ0v) is 27.3. The van der Waals surface area contributed by atoms with Gasteiger partial charge in [-0.1, -0.05) is 49.4 Å². The van der Waals surface area contributed by atoms with E-state index in [4.69, 9.17) is 19.3 Å². The Hall–Kier alpha value is -4.18. The van der Waals surface area contributed by atoms with Crippen molar-refractivity contribution in [1.29, 1.82) is 5.26 Å². The van der Waals surface area contributed by atoms with Crippen LogP contribution in [0.2, 0.25) is 0 Å². The number of hydrogen-bond acceptors (Lipinski definition) is 8. The third-order valence-electron chi connectivity index (χ3n) is 8.98. The van der Waals surface area contributed by atoms with E-state index in [-0.39, 0.29) is 43.5 Å². The first-order valence-electron chi connectivity index (χ1n) is 16.2. The number of benzene rings is 2. The van der Waals surface area contributed by atoms with Crippen LogP contribution in [0.4, 0.5) is 13.6 Å². The number of ether oxygens (including phenoxy) is 1. The van der Waals surface area contributed by atoms with E-state index in [1.807, 2.05) is 62.1 Å². The summed E-state index contributed by atoms with van der Waals surface area (Å²) in [4.78, 5) is 41.0. The molecule has 2 atom stereocenters. The van der Waals surface area contributed by atoms with Crippen LogP contribution in [0.25, 0.3) is 0 Å². The van der Waals surface area contributed by atoms with Gasteiger partial charge >= 0.3 is 19.2 Å². The number of carbonyl (C=O) groups is 3. The summed E-state index contributed by atoms with van der Waals surface area (Å²) in [5.41, 5.74) is 1.17. The highest BCUT2D eigenvalue weighted by Gasteiger charge is 2.44. The highest BCUT2D eigenvalue weighted by Crippen LogP contribution is 2.33. The number of carbonyl (C=O) groups excluding carboxylic acids is 3. The Labute approximate surface area is 275 Å². The molecule has 3 aliphatic heterocycles. The lowest BCUT2D eigenvalue weighted by atomic mass is 9.73. The molecule has 5 rings (SSSR count). The number of piperidine rings is 1. The van der Waals surface area contributed by atoms with Crippen molar-refractivity contribution in [3.05, 3.63) is 65.7 Å². The zero-order chi connectivity index (χ0) is 34.0. The van der Waals surface area contributed by atoms with Gasteiger partial charge in [0.2, 0.25) is 5.91 Å². The number of nitriles is 1. The summed E-state index contributed by atoms with van der Waals surface area (Å²) in [6, 6.07) is 17.8. The van der Waals surface area contributed by atoms with Crippen LogP contribution in [0.3, 0.4) is 0 Å². The standard InChI is InChI=1S/C25H26BN3O6.C9H17F2N/c27-14-13-23(30)29-15-7-6-10-19(29)17-33-25(32)28-22(16-18-8-2-1-3-9-18)26-34-21-12-5-4-11-20(21)24(31)35-26;1-4-8(2,3)12-6-5-9(10,11)7-12/h1-5,8-9,11-12,19,22H,6-7,10,13,15-17H2,(H,28,32);4-7H2,1-3H3. The summed E-state index contributed by atoms with van der Waals surface area (Å²) in [6.07, 6.45) is 2.83. The van der Waals surface area contributed by atoms with E-state index in [0.29, 0.717) is 37.2 Å². The van der Waals surface area contributed by atoms with E-state index in [2.05, 4.69) is 5.32 Å². The molecule has 0 saturated carbocycles. The Balaban J connectivity index is 0.000000351. The lowest BCUT2D eigenvalue weighted by Crippen LogP contribution is -2.55. The minimum Gasteiger partial charge on any atom is -0.524 e. The maximum Gasteiger partial charge on any atom is 0.621 e. The van der Waals surface area contributed by atoms with Crippen LogP contribution < -0.4 is 9.97 Å². The molecular weight excluding hydrogens is 609 g/mol. The van der Waals surface area contributed by atoms with Crippen LogP contribution in [-0.2, 0) is 20.6 Å². The summed E-state index contributed by atoms with van der Waals surface area (Å²) in [5.74, 6) is -3.57. The first kappa shape index (κ1) is 35.7. The number of nitrogens with one attached hydrogen (secondary N) is 1. The number of halogens is 2. The fourth-order valence-corrected chi connectivity index (χ4v) is 5.82. The lowest BCUT2D eigenvalue weighted by Gasteiger charge is -2.35. The molecule has 2 amide bonds. The number of hydrogen-bond donors (Lipinski definition) is 1. The first-order valence-corrected chi connectivity index (χ1v) is 16.2. The smallest absolute Gasteiger partial charge is 0.524 e. The van der Waals surface area contributed by atoms with Crippen molar-refractivity contribution in [2.45, 2.75) is 89.2 Å². The topological polar surface area (TPSA) is 121 Å². The van der Waals surface area contributed by atoms with Crippen LogP contribution in [0.15, 0.2) is 54.6 Å². The molecule has 2 aromatic carbocycles. The number of likely N-dealkylation sites (tertiary alicyclic amines) is 2. The van der Waals surface area contributed by atoms with E-state index < -0.39 is 31.0 Å². The predicted molar refractivity (Wildman–Crippen MR) is 172 cm³/mol. The molecule has 0 bridgehead atoms. The number of para-hydroxylation sites is 1. The predicted octanol–water partition coefficient (Wildman–Crippen LogP) is 5.41. The van der Waals surface area contributed by atoms with E-state index in [1.54, 1.807) is 29.2 Å². The summed E-state index contributed by atoms with van der Waals surface area (Å²) >= 11 is 0. The number of amides is 2. The Kier molecular flexibility index (Phi) is 12.2. The number of rotatable bonds is 9. The summed E-state index contributed by atoms with van der Waals surface area (Å²) in [6.45, 7) is 7.11. The number of fused-ring (bicyclic) bond motifs is 1. The molecule has 13 heteroatoms. The number of alkyl carbamates (subject to hydrolysis) is 1. The van der Waals surface area contributed by atoms with Gasteiger partial charge in [0.25, 0.3) is 5.92 Å². The molecule has 0 aliphatic carbocycles. The molecule has 2 fully saturated rings. The molecule has 0 radical (unpaired) electrons. The van der Waals surface area contributed by atoms with Gasteiger partial charge in [0.15, 0.2) is 0 Å². The fraction of sp³-hybridized carbons (Fsp3) is 0.529. The van der Waals surface area contributed by atoms with Gasteiger partial charge in [-0.25, -0.2) is 18.4 Å². The van der Waals surface area contributed by atoms with Gasteiger partial charge in [0, 0.05) is 25.0 Å². The quantitative estimate of drug-likeness (QED) is 0.357. The van der Waals surface area contributed by atoms with Crippen molar-refractivity contribution in [2.24, 2.45) is 0 Å². The molecule has 10 nitrogen and oxygen atoms in total. The monoisotopic (exact) mass is 652 g/mol. The molecule has 2 aromatic rings. The van der Waals surface area contributed by atoms with Crippen molar-refractivity contribution < 1.29 is 37.2 Å². The summed E-state index contributed by atoms with van der Waals surface area (Å²) in [5, 5.41) is 11.6. The van der Waals surface area contributed by atoms with Crippen LogP contribution >= 0.6 is 0 Å². The minimum atomic E-state index is -2.45. The average molecular weight is 653 g/mol. The molecule has 3 heterocycles. The van der Waals surface area contributed by atoms with Crippen molar-refractivity contribution >= 4 is 25.1 Å². The molecule has 252 valence electrons. The van der Waals surface area contributed by atoms with Gasteiger partial charge < -0.3 is 24.3 Å². The maximum atomic E-state index is 12.8. The van der Waals surface area contributed by atoms with Crippen LogP contribution in [0.5, 0.6) is 5.75 Å². The normalized spacial score (nSPS) is 19.6. The van der Waals surface area contributed by atoms with E-state index in [9.17, 15) is 23.2 Å². The van der Waals surface area contributed by atoms with E-state index >= 15 is 0 Å². The molecule has 0 spiro atoms. The number of nitrogens with zero attached hydrogens (tertiary/aromatic N) is 3. The van der Waals surface area contributed by atoms with E-state index in [0.717, 1.165) is 24.8 Å². The zero-order valence-electron chi connectivity index (χ0n) is 27.3. The van der Waals surface area contributed by atoms with Gasteiger partial charge in [-0.05, 0) is 63.6 Å². The minimum absolute atomic E-state index is 0.00913. The molecule has 2 unspecified atom stereocenters. The first-order chi connectivity index (χ1) is 22.4. The average Bonchev–Trinajstić information content (AvgIpc) is 3.45.